The molecule has 2 heterocycles. The number of carbonyl (C=O) groups excluding carboxylic acids is 2. The van der Waals surface area contributed by atoms with Crippen molar-refractivity contribution in [1.29, 1.82) is 0 Å². The van der Waals surface area contributed by atoms with Gasteiger partial charge in [0.05, 0.1) is 18.9 Å². The van der Waals surface area contributed by atoms with Gasteiger partial charge >= 0.3 is 0 Å². The predicted molar refractivity (Wildman–Crippen MR) is 131 cm³/mol. The van der Waals surface area contributed by atoms with Gasteiger partial charge in [-0.1, -0.05) is 31.5 Å². The summed E-state index contributed by atoms with van der Waals surface area (Å²) in [5, 5.41) is 11.5. The van der Waals surface area contributed by atoms with E-state index in [9.17, 15) is 14.7 Å². The minimum atomic E-state index is -0.889. The van der Waals surface area contributed by atoms with Crippen LogP contribution in [-0.2, 0) is 9.59 Å². The summed E-state index contributed by atoms with van der Waals surface area (Å²) in [6.07, 6.45) is 1.49. The van der Waals surface area contributed by atoms with Gasteiger partial charge in [0, 0.05) is 11.3 Å². The molecule has 0 bridgehead atoms. The number of furan rings is 1. The molecule has 34 heavy (non-hydrogen) atoms. The number of methoxy groups -OCH3 is 1. The van der Waals surface area contributed by atoms with Gasteiger partial charge in [-0.3, -0.25) is 14.5 Å². The van der Waals surface area contributed by atoms with Crippen LogP contribution < -0.4 is 9.64 Å². The molecular weight excluding hydrogens is 430 g/mol. The number of ketones is 1. The number of ether oxygens (including phenoxy) is 1. The Kier molecular flexibility index (Phi) is 6.09. The first kappa shape index (κ1) is 23.4. The van der Waals surface area contributed by atoms with E-state index in [1.54, 1.807) is 19.2 Å². The lowest BCUT2D eigenvalue weighted by atomic mass is 9.92. The molecule has 1 atom stereocenters. The standard InChI is InChI=1S/C28H29NO5/c1-15(2)19-14-20(17(4)13-23(19)33-6)26(30)24-25(22-8-7-11-34-22)29(28(32)27(24)31)21-10-9-16(3)12-18(21)5/h7-15,25,30H,1-6H3/b26-24+. The molecule has 6 heteroatoms. The molecule has 4 rings (SSSR count). The Morgan fingerprint density at radius 1 is 1.06 bits per heavy atom. The summed E-state index contributed by atoms with van der Waals surface area (Å²) in [5.41, 5.74) is 4.61. The average Bonchev–Trinajstić information content (AvgIpc) is 3.40. The van der Waals surface area contributed by atoms with Crippen molar-refractivity contribution >= 4 is 23.1 Å². The molecular formula is C28H29NO5. The van der Waals surface area contributed by atoms with Crippen LogP contribution in [0.25, 0.3) is 5.76 Å². The summed E-state index contributed by atoms with van der Waals surface area (Å²) in [4.78, 5) is 28.1. The van der Waals surface area contributed by atoms with Crippen LogP contribution in [0.2, 0.25) is 0 Å². The van der Waals surface area contributed by atoms with Crippen molar-refractivity contribution < 1.29 is 23.8 Å². The second kappa shape index (κ2) is 8.86. The number of hydrogen-bond donors (Lipinski definition) is 1. The normalized spacial score (nSPS) is 17.6. The van der Waals surface area contributed by atoms with E-state index in [-0.39, 0.29) is 17.3 Å². The van der Waals surface area contributed by atoms with Crippen molar-refractivity contribution in [3.05, 3.63) is 87.9 Å². The van der Waals surface area contributed by atoms with Gasteiger partial charge in [0.25, 0.3) is 11.7 Å². The Morgan fingerprint density at radius 2 is 1.79 bits per heavy atom. The van der Waals surface area contributed by atoms with Crippen molar-refractivity contribution in [3.8, 4) is 5.75 Å². The Labute approximate surface area is 199 Å². The molecule has 1 aliphatic heterocycles. The maximum Gasteiger partial charge on any atom is 0.300 e. The van der Waals surface area contributed by atoms with E-state index in [4.69, 9.17) is 9.15 Å². The van der Waals surface area contributed by atoms with Crippen molar-refractivity contribution in [2.45, 2.75) is 46.6 Å². The van der Waals surface area contributed by atoms with Gasteiger partial charge < -0.3 is 14.3 Å². The highest BCUT2D eigenvalue weighted by molar-refractivity contribution is 6.51. The number of anilines is 1. The zero-order valence-electron chi connectivity index (χ0n) is 20.3. The van der Waals surface area contributed by atoms with Crippen molar-refractivity contribution in [2.24, 2.45) is 0 Å². The van der Waals surface area contributed by atoms with E-state index in [0.717, 1.165) is 22.3 Å². The summed E-state index contributed by atoms with van der Waals surface area (Å²) >= 11 is 0. The maximum absolute atomic E-state index is 13.4. The Balaban J connectivity index is 1.97. The van der Waals surface area contributed by atoms with Gasteiger partial charge in [0.1, 0.15) is 23.3 Å². The summed E-state index contributed by atoms with van der Waals surface area (Å²) in [6.45, 7) is 9.75. The number of nitrogens with zero attached hydrogens (tertiary/aromatic N) is 1. The highest BCUT2D eigenvalue weighted by Crippen LogP contribution is 2.44. The van der Waals surface area contributed by atoms with Crippen LogP contribution in [0.1, 0.15) is 59.4 Å². The van der Waals surface area contributed by atoms with Crippen LogP contribution in [0, 0.1) is 20.8 Å². The number of aliphatic hydroxyl groups excluding tert-OH is 1. The number of carbonyl (C=O) groups is 2. The fraction of sp³-hybridized carbons (Fsp3) is 0.286. The third-order valence-corrected chi connectivity index (χ3v) is 6.32. The van der Waals surface area contributed by atoms with Crippen LogP contribution in [-0.4, -0.2) is 23.9 Å². The number of Topliss-reactive ketones (excluding diaryl/α,β-unsaturated/α-hetero) is 1. The molecule has 3 aromatic rings. The van der Waals surface area contributed by atoms with Crippen molar-refractivity contribution in [1.82, 2.24) is 0 Å². The first-order chi connectivity index (χ1) is 16.1. The SMILES string of the molecule is COc1cc(C)c(/C(O)=C2\C(=O)C(=O)N(c3ccc(C)cc3C)C2c2ccco2)cc1C(C)C. The number of aliphatic hydroxyl groups is 1. The predicted octanol–water partition coefficient (Wildman–Crippen LogP) is 5.96. The second-order valence-electron chi connectivity index (χ2n) is 9.04. The highest BCUT2D eigenvalue weighted by atomic mass is 16.5. The van der Waals surface area contributed by atoms with Crippen molar-refractivity contribution in [3.63, 3.8) is 0 Å². The molecule has 1 amide bonds. The molecule has 1 N–H and O–H groups in total. The molecule has 2 aromatic carbocycles. The quantitative estimate of drug-likeness (QED) is 0.289. The van der Waals surface area contributed by atoms with E-state index in [1.807, 2.05) is 65.0 Å². The Morgan fingerprint density at radius 3 is 2.38 bits per heavy atom. The minimum Gasteiger partial charge on any atom is -0.507 e. The maximum atomic E-state index is 13.4. The smallest absolute Gasteiger partial charge is 0.300 e. The molecule has 1 unspecified atom stereocenters. The Hall–Kier alpha value is -3.80. The van der Waals surface area contributed by atoms with Gasteiger partial charge in [0.15, 0.2) is 0 Å². The van der Waals surface area contributed by atoms with Gasteiger partial charge in [0.2, 0.25) is 0 Å². The third kappa shape index (κ3) is 3.79. The van der Waals surface area contributed by atoms with Gasteiger partial charge in [-0.15, -0.1) is 0 Å². The number of hydrogen-bond acceptors (Lipinski definition) is 5. The highest BCUT2D eigenvalue weighted by Gasteiger charge is 2.48. The van der Waals surface area contributed by atoms with E-state index >= 15 is 0 Å². The van der Waals surface area contributed by atoms with Crippen LogP contribution in [0.5, 0.6) is 5.75 Å². The minimum absolute atomic E-state index is 0.00268. The fourth-order valence-electron chi connectivity index (χ4n) is 4.60. The first-order valence-electron chi connectivity index (χ1n) is 11.3. The summed E-state index contributed by atoms with van der Waals surface area (Å²) < 4.78 is 11.2. The van der Waals surface area contributed by atoms with Gasteiger partial charge in [-0.25, -0.2) is 0 Å². The summed E-state index contributed by atoms with van der Waals surface area (Å²) in [6, 6.07) is 11.9. The molecule has 0 spiro atoms. The number of rotatable bonds is 5. The number of aryl methyl sites for hydroxylation is 3. The molecule has 1 aromatic heterocycles. The second-order valence-corrected chi connectivity index (χ2v) is 9.04. The number of amides is 1. The largest absolute Gasteiger partial charge is 0.507 e. The summed E-state index contributed by atoms with van der Waals surface area (Å²) in [7, 11) is 1.60. The van der Waals surface area contributed by atoms with Crippen molar-refractivity contribution in [2.75, 3.05) is 12.0 Å². The zero-order valence-corrected chi connectivity index (χ0v) is 20.3. The van der Waals surface area contributed by atoms with E-state index in [2.05, 4.69) is 0 Å². The molecule has 0 radical (unpaired) electrons. The zero-order chi connectivity index (χ0) is 24.7. The molecule has 1 saturated heterocycles. The molecule has 176 valence electrons. The van der Waals surface area contributed by atoms with Crippen LogP contribution >= 0.6 is 0 Å². The molecule has 0 saturated carbocycles. The topological polar surface area (TPSA) is 80.0 Å². The monoisotopic (exact) mass is 459 g/mol. The van der Waals surface area contributed by atoms with Gasteiger partial charge in [-0.05, 0) is 73.7 Å². The third-order valence-electron chi connectivity index (χ3n) is 6.32. The van der Waals surface area contributed by atoms with E-state index in [1.165, 1.54) is 11.2 Å². The van der Waals surface area contributed by atoms with Crippen LogP contribution in [0.15, 0.2) is 58.7 Å². The number of benzene rings is 2. The van der Waals surface area contributed by atoms with E-state index in [0.29, 0.717) is 22.8 Å². The van der Waals surface area contributed by atoms with Crippen LogP contribution in [0.4, 0.5) is 5.69 Å². The molecule has 1 fully saturated rings. The Bertz CT molecular complexity index is 1300. The van der Waals surface area contributed by atoms with E-state index < -0.39 is 17.7 Å². The molecule has 0 aliphatic carbocycles. The first-order valence-corrected chi connectivity index (χ1v) is 11.3. The van der Waals surface area contributed by atoms with Crippen LogP contribution in [0.3, 0.4) is 0 Å². The molecule has 1 aliphatic rings. The summed E-state index contributed by atoms with van der Waals surface area (Å²) in [5.74, 6) is -0.446. The lowest BCUT2D eigenvalue weighted by Crippen LogP contribution is -2.30. The lowest BCUT2D eigenvalue weighted by molar-refractivity contribution is -0.132. The average molecular weight is 460 g/mol. The van der Waals surface area contributed by atoms with Gasteiger partial charge in [-0.2, -0.15) is 0 Å². The fourth-order valence-corrected chi connectivity index (χ4v) is 4.60. The lowest BCUT2D eigenvalue weighted by Gasteiger charge is -2.25. The molecule has 6 nitrogen and oxygen atoms in total.